The molecule has 0 fully saturated rings. The first-order valence-corrected chi connectivity index (χ1v) is 6.89. The number of rotatable bonds is 2. The van der Waals surface area contributed by atoms with E-state index in [9.17, 15) is 0 Å². The van der Waals surface area contributed by atoms with Gasteiger partial charge in [0.1, 0.15) is 0 Å². The Hall–Kier alpha value is -1.57. The molecule has 2 aromatic rings. The lowest BCUT2D eigenvalue weighted by atomic mass is 9.58. The topological polar surface area (TPSA) is 0 Å². The van der Waals surface area contributed by atoms with E-state index in [1.165, 1.54) is 44.3 Å². The molecule has 2 rings (SSSR count). The highest BCUT2D eigenvalue weighted by Gasteiger charge is 2.11. The largest absolute Gasteiger partial charge is 0.269 e. The van der Waals surface area contributed by atoms with Gasteiger partial charge in [-0.15, -0.1) is 0 Å². The zero-order valence-electron chi connectivity index (χ0n) is 13.3. The normalized spacial score (nSPS) is 10.1. The molecule has 105 valence electrons. The maximum atomic E-state index is 2.34. The van der Waals surface area contributed by atoms with Gasteiger partial charge in [-0.2, -0.15) is 0 Å². The molecule has 2 heteroatoms. The van der Waals surface area contributed by atoms with E-state index < -0.39 is 0 Å². The third-order valence-corrected chi connectivity index (χ3v) is 3.76. The zero-order chi connectivity index (χ0) is 14.2. The molecule has 0 aliphatic rings. The predicted molar refractivity (Wildman–Crippen MR) is 88.8 cm³/mol. The lowest BCUT2D eigenvalue weighted by molar-refractivity contribution is 1.11. The molecule has 0 spiro atoms. The highest BCUT2D eigenvalue weighted by atomic mass is 19.0. The number of halogens is 1. The lowest BCUT2D eigenvalue weighted by Crippen LogP contribution is -2.34. The Bertz CT molecular complexity index is 528. The second-order valence-corrected chi connectivity index (χ2v) is 5.77. The molecule has 1 radical (unpaired) electrons. The summed E-state index contributed by atoms with van der Waals surface area (Å²) in [6.45, 7) is 13.1. The Balaban J connectivity index is 0.00000200. The van der Waals surface area contributed by atoms with Gasteiger partial charge in [0, 0.05) is 0 Å². The van der Waals surface area contributed by atoms with Crippen LogP contribution in [0.4, 0.5) is 4.70 Å². The van der Waals surface area contributed by atoms with Gasteiger partial charge in [-0.3, -0.25) is 4.70 Å². The molecule has 2 aromatic carbocycles. The van der Waals surface area contributed by atoms with E-state index in [0.717, 1.165) is 0 Å². The van der Waals surface area contributed by atoms with Crippen molar-refractivity contribution in [2.45, 2.75) is 41.5 Å². The molecule has 0 N–H and O–H groups in total. The molecule has 0 saturated carbocycles. The van der Waals surface area contributed by atoms with Crippen LogP contribution in [0.1, 0.15) is 33.4 Å². The monoisotopic (exact) mass is 269 g/mol. The molecule has 0 amide bonds. The van der Waals surface area contributed by atoms with Crippen LogP contribution in [0.25, 0.3) is 0 Å². The summed E-state index contributed by atoms with van der Waals surface area (Å²) in [5, 5.41) is 0. The van der Waals surface area contributed by atoms with E-state index in [4.69, 9.17) is 0 Å². The van der Waals surface area contributed by atoms with Crippen LogP contribution in [-0.4, -0.2) is 7.28 Å². The minimum Gasteiger partial charge on any atom is -0.269 e. The number of hydrogen-bond acceptors (Lipinski definition) is 0. The van der Waals surface area contributed by atoms with Crippen LogP contribution < -0.4 is 10.9 Å². The third kappa shape index (κ3) is 3.30. The quantitative estimate of drug-likeness (QED) is 0.733. The summed E-state index contributed by atoms with van der Waals surface area (Å²) in [6, 6.07) is 9.05. The Kier molecular flexibility index (Phi) is 5.16. The summed E-state index contributed by atoms with van der Waals surface area (Å²) in [5.74, 6) is 0. The van der Waals surface area contributed by atoms with Crippen LogP contribution in [0.2, 0.25) is 0 Å². The summed E-state index contributed by atoms with van der Waals surface area (Å²) in [5.41, 5.74) is 10.8. The Morgan fingerprint density at radius 3 is 1.05 bits per heavy atom. The second kappa shape index (κ2) is 6.26. The minimum atomic E-state index is 0. The van der Waals surface area contributed by atoms with Gasteiger partial charge in [0.25, 0.3) is 0 Å². The molecule has 0 atom stereocenters. The molecule has 0 saturated heterocycles. The SMILES string of the molecule is Cc1cc(C)c([B]c2c(C)cc(C)cc2C)c(C)c1.F. The maximum absolute atomic E-state index is 2.34. The summed E-state index contributed by atoms with van der Waals surface area (Å²) >= 11 is 0. The van der Waals surface area contributed by atoms with Crippen molar-refractivity contribution in [2.24, 2.45) is 0 Å². The molecule has 0 aliphatic carbocycles. The van der Waals surface area contributed by atoms with Gasteiger partial charge in [0.15, 0.2) is 7.28 Å². The Labute approximate surface area is 122 Å². The van der Waals surface area contributed by atoms with Crippen LogP contribution in [0.5, 0.6) is 0 Å². The van der Waals surface area contributed by atoms with E-state index in [2.05, 4.69) is 73.1 Å². The highest BCUT2D eigenvalue weighted by molar-refractivity contribution is 6.69. The van der Waals surface area contributed by atoms with Gasteiger partial charge >= 0.3 is 0 Å². The first-order chi connectivity index (χ1) is 8.88. The molecule has 0 bridgehead atoms. The molecule has 0 unspecified atom stereocenters. The molecule has 0 aliphatic heterocycles. The van der Waals surface area contributed by atoms with Crippen molar-refractivity contribution in [1.29, 1.82) is 0 Å². The minimum absolute atomic E-state index is 0. The van der Waals surface area contributed by atoms with E-state index >= 15 is 0 Å². The van der Waals surface area contributed by atoms with Gasteiger partial charge in [-0.1, -0.05) is 68.6 Å². The van der Waals surface area contributed by atoms with Crippen molar-refractivity contribution in [3.8, 4) is 0 Å². The number of hydrogen-bond donors (Lipinski definition) is 0. The fourth-order valence-electron chi connectivity index (χ4n) is 2.98. The van der Waals surface area contributed by atoms with Crippen molar-refractivity contribution >= 4 is 18.2 Å². The van der Waals surface area contributed by atoms with Crippen LogP contribution in [0.15, 0.2) is 24.3 Å². The van der Waals surface area contributed by atoms with Crippen molar-refractivity contribution in [3.05, 3.63) is 57.6 Å². The van der Waals surface area contributed by atoms with Crippen LogP contribution >= 0.6 is 0 Å². The van der Waals surface area contributed by atoms with E-state index in [0.29, 0.717) is 0 Å². The molecular formula is C18H23BF. The van der Waals surface area contributed by atoms with Crippen molar-refractivity contribution in [2.75, 3.05) is 0 Å². The fraction of sp³-hybridized carbons (Fsp3) is 0.333. The first-order valence-electron chi connectivity index (χ1n) is 6.89. The highest BCUT2D eigenvalue weighted by Crippen LogP contribution is 2.08. The summed E-state index contributed by atoms with van der Waals surface area (Å²) in [4.78, 5) is 0. The van der Waals surface area contributed by atoms with Crippen molar-refractivity contribution in [1.82, 2.24) is 0 Å². The summed E-state index contributed by atoms with van der Waals surface area (Å²) in [6.07, 6.45) is 0. The molecule has 0 heterocycles. The van der Waals surface area contributed by atoms with E-state index in [1.54, 1.807) is 0 Å². The summed E-state index contributed by atoms with van der Waals surface area (Å²) in [7, 11) is 2.34. The van der Waals surface area contributed by atoms with Crippen LogP contribution in [-0.2, 0) is 0 Å². The van der Waals surface area contributed by atoms with Gasteiger partial charge in [-0.05, 0) is 41.5 Å². The molecular weight excluding hydrogens is 246 g/mol. The molecule has 0 aromatic heterocycles. The van der Waals surface area contributed by atoms with E-state index in [1.807, 2.05) is 0 Å². The van der Waals surface area contributed by atoms with Gasteiger partial charge < -0.3 is 0 Å². The smallest absolute Gasteiger partial charge is 0.192 e. The standard InChI is InChI=1S/C18H22B.FH/c1-11-7-13(3)17(14(4)8-11)19-18-15(5)9-12(2)10-16(18)6;/h7-10H,1-6H3;1H. The fourth-order valence-corrected chi connectivity index (χ4v) is 2.98. The Morgan fingerprint density at radius 1 is 0.550 bits per heavy atom. The zero-order valence-corrected chi connectivity index (χ0v) is 13.3. The van der Waals surface area contributed by atoms with Gasteiger partial charge in [-0.25, -0.2) is 0 Å². The first kappa shape index (κ1) is 16.5. The van der Waals surface area contributed by atoms with Crippen LogP contribution in [0.3, 0.4) is 0 Å². The average molecular weight is 269 g/mol. The third-order valence-electron chi connectivity index (χ3n) is 3.76. The van der Waals surface area contributed by atoms with Gasteiger partial charge in [0.05, 0.1) is 0 Å². The Morgan fingerprint density at radius 2 is 0.800 bits per heavy atom. The number of aryl methyl sites for hydroxylation is 6. The van der Waals surface area contributed by atoms with Crippen LogP contribution in [0, 0.1) is 41.5 Å². The van der Waals surface area contributed by atoms with Crippen molar-refractivity contribution in [3.63, 3.8) is 0 Å². The van der Waals surface area contributed by atoms with Crippen molar-refractivity contribution < 1.29 is 4.70 Å². The second-order valence-electron chi connectivity index (χ2n) is 5.77. The van der Waals surface area contributed by atoms with Gasteiger partial charge in [0.2, 0.25) is 0 Å². The lowest BCUT2D eigenvalue weighted by Gasteiger charge is -2.15. The number of benzene rings is 2. The average Bonchev–Trinajstić information content (AvgIpc) is 2.25. The summed E-state index contributed by atoms with van der Waals surface area (Å²) < 4.78 is 0. The molecule has 20 heavy (non-hydrogen) atoms. The maximum Gasteiger partial charge on any atom is 0.192 e. The predicted octanol–water partition coefficient (Wildman–Crippen LogP) is 3.34. The molecule has 0 nitrogen and oxygen atoms in total. The van der Waals surface area contributed by atoms with E-state index in [-0.39, 0.29) is 4.70 Å².